The Bertz CT molecular complexity index is 362. The van der Waals surface area contributed by atoms with E-state index in [9.17, 15) is 0 Å². The van der Waals surface area contributed by atoms with Gasteiger partial charge in [0.25, 0.3) is 0 Å². The Morgan fingerprint density at radius 1 is 0.938 bits per heavy atom. The zero-order valence-corrected chi connectivity index (χ0v) is 9.34. The first-order chi connectivity index (χ1) is 7.86. The van der Waals surface area contributed by atoms with Crippen molar-refractivity contribution < 1.29 is 0 Å². The number of allylic oxidation sites excluding steroid dienone is 2. The van der Waals surface area contributed by atoms with Gasteiger partial charge in [0.05, 0.1) is 12.1 Å². The van der Waals surface area contributed by atoms with Crippen molar-refractivity contribution in [2.45, 2.75) is 25.7 Å². The standard InChI is InChI=1S/C14H16N2/c15-7-9(8-16)14-12-5-6-13(14)11-4-2-1-3-10(11)12/h5-6,9-14H,1-4H2/t10-,11+,12-,13+,14?. The molecule has 0 amide bonds. The van der Waals surface area contributed by atoms with Crippen molar-refractivity contribution in [1.29, 1.82) is 10.5 Å². The molecule has 2 saturated carbocycles. The summed E-state index contributed by atoms with van der Waals surface area (Å²) in [5.41, 5.74) is 0. The molecule has 82 valence electrons. The first-order valence-electron chi connectivity index (χ1n) is 6.34. The molecular weight excluding hydrogens is 196 g/mol. The van der Waals surface area contributed by atoms with Crippen LogP contribution in [0, 0.1) is 58.2 Å². The SMILES string of the molecule is N#CC(C#N)C1[C@H]2C=C[C@@H]1[C@@H]1CCCC[C@@H]12. The molecule has 0 saturated heterocycles. The number of hydrogen-bond donors (Lipinski definition) is 0. The van der Waals surface area contributed by atoms with E-state index in [1.54, 1.807) is 0 Å². The van der Waals surface area contributed by atoms with Crippen molar-refractivity contribution in [1.82, 2.24) is 0 Å². The monoisotopic (exact) mass is 212 g/mol. The van der Waals surface area contributed by atoms with Gasteiger partial charge in [0.15, 0.2) is 0 Å². The fourth-order valence-electron chi connectivity index (χ4n) is 4.42. The van der Waals surface area contributed by atoms with E-state index in [1.807, 2.05) is 0 Å². The summed E-state index contributed by atoms with van der Waals surface area (Å²) in [6.45, 7) is 0. The van der Waals surface area contributed by atoms with Gasteiger partial charge in [0, 0.05) is 5.92 Å². The van der Waals surface area contributed by atoms with Crippen molar-refractivity contribution in [2.75, 3.05) is 0 Å². The van der Waals surface area contributed by atoms with Crippen LogP contribution in [0.1, 0.15) is 25.7 Å². The lowest BCUT2D eigenvalue weighted by molar-refractivity contribution is 0.221. The summed E-state index contributed by atoms with van der Waals surface area (Å²) < 4.78 is 0. The van der Waals surface area contributed by atoms with Gasteiger partial charge in [-0.3, -0.25) is 0 Å². The first kappa shape index (κ1) is 9.91. The van der Waals surface area contributed by atoms with Crippen molar-refractivity contribution in [3.8, 4) is 12.1 Å². The topological polar surface area (TPSA) is 47.6 Å². The van der Waals surface area contributed by atoms with E-state index in [1.165, 1.54) is 25.7 Å². The Kier molecular flexibility index (Phi) is 2.25. The molecule has 0 heterocycles. The van der Waals surface area contributed by atoms with E-state index in [4.69, 9.17) is 10.5 Å². The Morgan fingerprint density at radius 2 is 1.44 bits per heavy atom. The zero-order valence-electron chi connectivity index (χ0n) is 9.34. The molecule has 0 aromatic rings. The summed E-state index contributed by atoms with van der Waals surface area (Å²) in [6, 6.07) is 4.41. The first-order valence-corrected chi connectivity index (χ1v) is 6.34. The number of rotatable bonds is 1. The molecule has 2 fully saturated rings. The van der Waals surface area contributed by atoms with Crippen molar-refractivity contribution in [3.05, 3.63) is 12.2 Å². The number of nitriles is 2. The minimum absolute atomic E-state index is 0.308. The summed E-state index contributed by atoms with van der Waals surface area (Å²) in [5.74, 6) is 2.52. The van der Waals surface area contributed by atoms with Crippen molar-refractivity contribution in [2.24, 2.45) is 35.5 Å². The second-order valence-electron chi connectivity index (χ2n) is 5.46. The van der Waals surface area contributed by atoms with Crippen LogP contribution in [-0.2, 0) is 0 Å². The highest BCUT2D eigenvalue weighted by atomic mass is 14.6. The third kappa shape index (κ3) is 1.17. The van der Waals surface area contributed by atoms with Gasteiger partial charge in [-0.05, 0) is 36.5 Å². The third-order valence-corrected chi connectivity index (χ3v) is 4.97. The maximum atomic E-state index is 9.08. The van der Waals surface area contributed by atoms with E-state index >= 15 is 0 Å². The minimum Gasteiger partial charge on any atom is -0.197 e. The van der Waals surface area contributed by atoms with Crippen LogP contribution in [0.15, 0.2) is 12.2 Å². The van der Waals surface area contributed by atoms with Crippen LogP contribution in [0.5, 0.6) is 0 Å². The molecule has 0 aromatic carbocycles. The maximum Gasteiger partial charge on any atom is 0.137 e. The summed E-state index contributed by atoms with van der Waals surface area (Å²) in [7, 11) is 0. The molecule has 0 aliphatic heterocycles. The second kappa shape index (κ2) is 3.63. The highest BCUT2D eigenvalue weighted by Crippen LogP contribution is 2.59. The normalized spacial score (nSPS) is 44.1. The smallest absolute Gasteiger partial charge is 0.137 e. The number of hydrogen-bond acceptors (Lipinski definition) is 2. The molecule has 5 atom stereocenters. The zero-order chi connectivity index (χ0) is 11.1. The lowest BCUT2D eigenvalue weighted by atomic mass is 9.73. The van der Waals surface area contributed by atoms with Gasteiger partial charge in [-0.25, -0.2) is 0 Å². The Hall–Kier alpha value is -1.28. The summed E-state index contributed by atoms with van der Waals surface area (Å²) in [4.78, 5) is 0. The molecule has 1 unspecified atom stereocenters. The van der Waals surface area contributed by atoms with Crippen LogP contribution in [0.4, 0.5) is 0 Å². The van der Waals surface area contributed by atoms with Crippen LogP contribution in [0.2, 0.25) is 0 Å². The Morgan fingerprint density at radius 3 is 1.88 bits per heavy atom. The molecule has 0 radical (unpaired) electrons. The van der Waals surface area contributed by atoms with Gasteiger partial charge >= 0.3 is 0 Å². The molecule has 0 N–H and O–H groups in total. The third-order valence-electron chi connectivity index (χ3n) is 4.97. The molecular formula is C14H16N2. The van der Waals surface area contributed by atoms with Gasteiger partial charge in [-0.1, -0.05) is 25.0 Å². The fraction of sp³-hybridized carbons (Fsp3) is 0.714. The Labute approximate surface area is 96.6 Å². The van der Waals surface area contributed by atoms with Crippen LogP contribution < -0.4 is 0 Å². The van der Waals surface area contributed by atoms with Gasteiger partial charge in [0.1, 0.15) is 5.92 Å². The number of fused-ring (bicyclic) bond motifs is 5. The molecule has 3 aliphatic rings. The fourth-order valence-corrected chi connectivity index (χ4v) is 4.42. The number of nitrogens with zero attached hydrogens (tertiary/aromatic N) is 2. The average molecular weight is 212 g/mol. The lowest BCUT2D eigenvalue weighted by Crippen LogP contribution is -2.22. The predicted octanol–water partition coefficient (Wildman–Crippen LogP) is 2.89. The molecule has 0 aromatic heterocycles. The van der Waals surface area contributed by atoms with E-state index in [-0.39, 0.29) is 0 Å². The predicted molar refractivity (Wildman–Crippen MR) is 59.8 cm³/mol. The van der Waals surface area contributed by atoms with E-state index in [2.05, 4.69) is 24.3 Å². The van der Waals surface area contributed by atoms with E-state index in [0.717, 1.165) is 11.8 Å². The highest BCUT2D eigenvalue weighted by Gasteiger charge is 2.54. The quantitative estimate of drug-likeness (QED) is 0.627. The molecule has 16 heavy (non-hydrogen) atoms. The summed E-state index contributed by atoms with van der Waals surface area (Å²) >= 11 is 0. The van der Waals surface area contributed by atoms with Gasteiger partial charge in [-0.15, -0.1) is 0 Å². The van der Waals surface area contributed by atoms with Gasteiger partial charge in [-0.2, -0.15) is 10.5 Å². The molecule has 0 spiro atoms. The molecule has 3 aliphatic carbocycles. The lowest BCUT2D eigenvalue weighted by Gasteiger charge is -2.32. The second-order valence-corrected chi connectivity index (χ2v) is 5.46. The molecule has 2 heteroatoms. The van der Waals surface area contributed by atoms with Crippen LogP contribution in [0.3, 0.4) is 0 Å². The van der Waals surface area contributed by atoms with Crippen LogP contribution >= 0.6 is 0 Å². The molecule has 2 nitrogen and oxygen atoms in total. The maximum absolute atomic E-state index is 9.08. The van der Waals surface area contributed by atoms with Crippen molar-refractivity contribution >= 4 is 0 Å². The molecule has 2 bridgehead atoms. The Balaban J connectivity index is 1.90. The van der Waals surface area contributed by atoms with E-state index in [0.29, 0.717) is 17.8 Å². The molecule has 3 rings (SSSR count). The summed E-state index contributed by atoms with van der Waals surface area (Å²) in [5, 5.41) is 18.2. The highest BCUT2D eigenvalue weighted by molar-refractivity contribution is 5.23. The van der Waals surface area contributed by atoms with E-state index < -0.39 is 5.92 Å². The minimum atomic E-state index is -0.393. The van der Waals surface area contributed by atoms with Gasteiger partial charge < -0.3 is 0 Å². The van der Waals surface area contributed by atoms with Crippen molar-refractivity contribution in [3.63, 3.8) is 0 Å². The van der Waals surface area contributed by atoms with Crippen LogP contribution in [0.25, 0.3) is 0 Å². The van der Waals surface area contributed by atoms with Crippen LogP contribution in [-0.4, -0.2) is 0 Å². The summed E-state index contributed by atoms with van der Waals surface area (Å²) in [6.07, 6.45) is 9.91. The average Bonchev–Trinajstić information content (AvgIpc) is 2.88. The largest absolute Gasteiger partial charge is 0.197 e. The van der Waals surface area contributed by atoms with Gasteiger partial charge in [0.2, 0.25) is 0 Å².